The van der Waals surface area contributed by atoms with E-state index in [-0.39, 0.29) is 37.0 Å². The summed E-state index contributed by atoms with van der Waals surface area (Å²) in [4.78, 5) is 39.5. The lowest BCUT2D eigenvalue weighted by atomic mass is 10.2. The summed E-state index contributed by atoms with van der Waals surface area (Å²) in [6.07, 6.45) is 6.19. The van der Waals surface area contributed by atoms with Crippen LogP contribution in [-0.4, -0.2) is 64.3 Å². The number of aromatic nitrogens is 2. The number of halogens is 1. The molecule has 1 aromatic carbocycles. The molecular weight excluding hydrogens is 430 g/mol. The number of carbonyl (C=O) groups is 2. The highest BCUT2D eigenvalue weighted by atomic mass is 35.5. The lowest BCUT2D eigenvalue weighted by Gasteiger charge is -2.36. The number of rotatable bonds is 7. The van der Waals surface area contributed by atoms with E-state index in [1.165, 1.54) is 18.6 Å². The first-order valence-corrected chi connectivity index (χ1v) is 10.8. The molecule has 1 saturated heterocycles. The zero-order valence-corrected chi connectivity index (χ0v) is 18.3. The minimum absolute atomic E-state index is 0.0141. The van der Waals surface area contributed by atoms with Gasteiger partial charge >= 0.3 is 0 Å². The van der Waals surface area contributed by atoms with Crippen LogP contribution < -0.4 is 4.90 Å². The third-order valence-electron chi connectivity index (χ3n) is 5.42. The fourth-order valence-corrected chi connectivity index (χ4v) is 3.96. The molecule has 2 aromatic heterocycles. The minimum Gasteiger partial charge on any atom is -0.467 e. The van der Waals surface area contributed by atoms with Crippen LogP contribution in [-0.2, 0) is 11.3 Å². The molecule has 4 rings (SSSR count). The van der Waals surface area contributed by atoms with Crippen LogP contribution in [0.3, 0.4) is 0 Å². The van der Waals surface area contributed by atoms with Crippen LogP contribution in [0.25, 0.3) is 0 Å². The first kappa shape index (κ1) is 21.8. The second kappa shape index (κ2) is 10.3. The van der Waals surface area contributed by atoms with Gasteiger partial charge in [-0.1, -0.05) is 23.7 Å². The van der Waals surface area contributed by atoms with E-state index in [0.717, 1.165) is 5.69 Å². The van der Waals surface area contributed by atoms with E-state index in [0.29, 0.717) is 37.0 Å². The molecule has 1 fully saturated rings. The van der Waals surface area contributed by atoms with Crippen LogP contribution in [0.15, 0.2) is 65.7 Å². The molecule has 9 heteroatoms. The quantitative estimate of drug-likeness (QED) is 0.546. The van der Waals surface area contributed by atoms with Gasteiger partial charge in [0.05, 0.1) is 29.7 Å². The van der Waals surface area contributed by atoms with Gasteiger partial charge in [0, 0.05) is 51.5 Å². The Balaban J connectivity index is 1.35. The molecular formula is C23H24ClN5O3. The third-order valence-corrected chi connectivity index (χ3v) is 5.74. The second-order valence-electron chi connectivity index (χ2n) is 7.47. The van der Waals surface area contributed by atoms with Crippen molar-refractivity contribution >= 4 is 29.1 Å². The molecule has 0 unspecified atom stereocenters. The van der Waals surface area contributed by atoms with Crippen LogP contribution in [0.4, 0.5) is 5.69 Å². The van der Waals surface area contributed by atoms with Gasteiger partial charge in [0.1, 0.15) is 11.5 Å². The van der Waals surface area contributed by atoms with Crippen molar-refractivity contribution in [2.75, 3.05) is 37.6 Å². The van der Waals surface area contributed by atoms with Crippen LogP contribution in [0.2, 0.25) is 5.02 Å². The Morgan fingerprint density at radius 3 is 2.56 bits per heavy atom. The molecule has 0 aliphatic carbocycles. The van der Waals surface area contributed by atoms with Crippen LogP contribution in [0.1, 0.15) is 22.7 Å². The first-order valence-electron chi connectivity index (χ1n) is 10.5. The maximum Gasteiger partial charge on any atom is 0.274 e. The van der Waals surface area contributed by atoms with E-state index in [2.05, 4.69) is 14.9 Å². The van der Waals surface area contributed by atoms with E-state index in [9.17, 15) is 9.59 Å². The molecule has 8 nitrogen and oxygen atoms in total. The summed E-state index contributed by atoms with van der Waals surface area (Å²) in [5.74, 6) is 0.370. The molecule has 2 amide bonds. The number of piperazine rings is 1. The Morgan fingerprint density at radius 1 is 1.06 bits per heavy atom. The number of benzene rings is 1. The zero-order valence-electron chi connectivity index (χ0n) is 17.6. The summed E-state index contributed by atoms with van der Waals surface area (Å²) in [5.41, 5.74) is 1.22. The van der Waals surface area contributed by atoms with E-state index in [1.54, 1.807) is 23.3 Å². The molecule has 0 saturated carbocycles. The van der Waals surface area contributed by atoms with E-state index < -0.39 is 0 Å². The number of hydrogen-bond acceptors (Lipinski definition) is 6. The molecule has 0 spiro atoms. The van der Waals surface area contributed by atoms with Crippen molar-refractivity contribution in [3.63, 3.8) is 0 Å². The number of nitrogens with zero attached hydrogens (tertiary/aromatic N) is 5. The van der Waals surface area contributed by atoms with Crippen LogP contribution in [0, 0.1) is 0 Å². The maximum absolute atomic E-state index is 12.9. The van der Waals surface area contributed by atoms with Crippen LogP contribution in [0.5, 0.6) is 0 Å². The van der Waals surface area contributed by atoms with Gasteiger partial charge in [0.15, 0.2) is 0 Å². The monoisotopic (exact) mass is 453 g/mol. The zero-order chi connectivity index (χ0) is 22.3. The Morgan fingerprint density at radius 2 is 1.88 bits per heavy atom. The largest absolute Gasteiger partial charge is 0.467 e. The SMILES string of the molecule is O=C(CCN(Cc1ccco1)C(=O)c1cnccn1)N1CCN(c2ccccc2Cl)CC1. The minimum atomic E-state index is -0.286. The molecule has 3 aromatic rings. The van der Waals surface area contributed by atoms with Crippen molar-refractivity contribution < 1.29 is 14.0 Å². The Kier molecular flexibility index (Phi) is 7.01. The van der Waals surface area contributed by atoms with Crippen molar-refractivity contribution in [2.24, 2.45) is 0 Å². The summed E-state index contributed by atoms with van der Waals surface area (Å²) in [6, 6.07) is 11.3. The molecule has 3 heterocycles. The molecule has 0 bridgehead atoms. The summed E-state index contributed by atoms with van der Waals surface area (Å²) >= 11 is 6.30. The van der Waals surface area contributed by atoms with Gasteiger partial charge in [-0.3, -0.25) is 14.6 Å². The van der Waals surface area contributed by atoms with Gasteiger partial charge in [0.2, 0.25) is 5.91 Å². The number of carbonyl (C=O) groups excluding carboxylic acids is 2. The van der Waals surface area contributed by atoms with Gasteiger partial charge in [-0.25, -0.2) is 4.98 Å². The van der Waals surface area contributed by atoms with Crippen molar-refractivity contribution in [3.05, 3.63) is 77.7 Å². The molecule has 166 valence electrons. The fraction of sp³-hybridized carbons (Fsp3) is 0.304. The molecule has 1 aliphatic heterocycles. The molecule has 0 radical (unpaired) electrons. The van der Waals surface area contributed by atoms with Crippen molar-refractivity contribution in [1.29, 1.82) is 0 Å². The molecule has 32 heavy (non-hydrogen) atoms. The maximum atomic E-state index is 12.9. The first-order chi connectivity index (χ1) is 15.6. The summed E-state index contributed by atoms with van der Waals surface area (Å²) in [7, 11) is 0. The van der Waals surface area contributed by atoms with Gasteiger partial charge < -0.3 is 19.1 Å². The predicted octanol–water partition coefficient (Wildman–Crippen LogP) is 3.10. The topological polar surface area (TPSA) is 82.8 Å². The number of hydrogen-bond donors (Lipinski definition) is 0. The number of furan rings is 1. The second-order valence-corrected chi connectivity index (χ2v) is 7.87. The van der Waals surface area contributed by atoms with Gasteiger partial charge in [-0.2, -0.15) is 0 Å². The van der Waals surface area contributed by atoms with Gasteiger partial charge in [-0.05, 0) is 24.3 Å². The fourth-order valence-electron chi connectivity index (χ4n) is 3.71. The Hall–Kier alpha value is -3.39. The van der Waals surface area contributed by atoms with Crippen molar-refractivity contribution in [1.82, 2.24) is 19.8 Å². The average Bonchev–Trinajstić information content (AvgIpc) is 3.35. The highest BCUT2D eigenvalue weighted by Crippen LogP contribution is 2.26. The predicted molar refractivity (Wildman–Crippen MR) is 120 cm³/mol. The number of amides is 2. The molecule has 1 aliphatic rings. The lowest BCUT2D eigenvalue weighted by Crippen LogP contribution is -2.49. The average molecular weight is 454 g/mol. The van der Waals surface area contributed by atoms with E-state index in [1.807, 2.05) is 29.2 Å². The molecule has 0 atom stereocenters. The smallest absolute Gasteiger partial charge is 0.274 e. The van der Waals surface area contributed by atoms with E-state index in [4.69, 9.17) is 16.0 Å². The lowest BCUT2D eigenvalue weighted by molar-refractivity contribution is -0.131. The molecule has 0 N–H and O–H groups in total. The summed E-state index contributed by atoms with van der Waals surface area (Å²) in [5, 5.41) is 0.711. The number of anilines is 1. The third kappa shape index (κ3) is 5.26. The summed E-state index contributed by atoms with van der Waals surface area (Å²) < 4.78 is 5.40. The van der Waals surface area contributed by atoms with Crippen LogP contribution >= 0.6 is 11.6 Å². The van der Waals surface area contributed by atoms with Crippen molar-refractivity contribution in [2.45, 2.75) is 13.0 Å². The standard InChI is InChI=1S/C23H24ClN5O3/c24-19-5-1-2-6-21(19)27-11-13-28(14-12-27)22(30)7-10-29(17-18-4-3-15-32-18)23(31)20-16-25-8-9-26-20/h1-6,8-9,15-16H,7,10-14,17H2. The van der Waals surface area contributed by atoms with Crippen molar-refractivity contribution in [3.8, 4) is 0 Å². The Bertz CT molecular complexity index is 1040. The van der Waals surface area contributed by atoms with Gasteiger partial charge in [0.25, 0.3) is 5.91 Å². The highest BCUT2D eigenvalue weighted by Gasteiger charge is 2.24. The van der Waals surface area contributed by atoms with E-state index >= 15 is 0 Å². The Labute approximate surface area is 191 Å². The highest BCUT2D eigenvalue weighted by molar-refractivity contribution is 6.33. The summed E-state index contributed by atoms with van der Waals surface area (Å²) in [6.45, 7) is 3.17. The normalized spacial score (nSPS) is 13.8. The number of para-hydroxylation sites is 1. The van der Waals surface area contributed by atoms with Gasteiger partial charge in [-0.15, -0.1) is 0 Å².